The minimum absolute atomic E-state index is 0.468. The molecule has 0 atom stereocenters. The van der Waals surface area contributed by atoms with Crippen molar-refractivity contribution in [1.82, 2.24) is 10.2 Å². The lowest BCUT2D eigenvalue weighted by molar-refractivity contribution is 0.0388. The summed E-state index contributed by atoms with van der Waals surface area (Å²) in [5, 5.41) is 3.49. The van der Waals surface area contributed by atoms with E-state index in [-0.39, 0.29) is 0 Å². The molecular weight excluding hydrogens is 260 g/mol. The Balaban J connectivity index is 1.74. The van der Waals surface area contributed by atoms with Gasteiger partial charge >= 0.3 is 0 Å². The Morgan fingerprint density at radius 1 is 1.14 bits per heavy atom. The van der Waals surface area contributed by atoms with Gasteiger partial charge in [-0.15, -0.1) is 0 Å². The van der Waals surface area contributed by atoms with Crippen molar-refractivity contribution in [3.63, 3.8) is 0 Å². The van der Waals surface area contributed by atoms with E-state index in [2.05, 4.69) is 48.3 Å². The van der Waals surface area contributed by atoms with E-state index >= 15 is 0 Å². The molecule has 0 saturated carbocycles. The Morgan fingerprint density at radius 3 is 2.33 bits per heavy atom. The minimum atomic E-state index is 0.468. The van der Waals surface area contributed by atoms with Gasteiger partial charge in [0.15, 0.2) is 0 Å². The van der Waals surface area contributed by atoms with E-state index in [0.29, 0.717) is 12.0 Å². The number of ether oxygens (including phenoxy) is 1. The molecule has 0 bridgehead atoms. The third kappa shape index (κ3) is 5.77. The molecule has 21 heavy (non-hydrogen) atoms. The highest BCUT2D eigenvalue weighted by atomic mass is 16.5. The zero-order chi connectivity index (χ0) is 15.1. The van der Waals surface area contributed by atoms with E-state index in [1.165, 1.54) is 11.1 Å². The van der Waals surface area contributed by atoms with Crippen molar-refractivity contribution in [3.05, 3.63) is 35.4 Å². The van der Waals surface area contributed by atoms with Crippen LogP contribution in [-0.2, 0) is 17.8 Å². The zero-order valence-corrected chi connectivity index (χ0v) is 13.8. The van der Waals surface area contributed by atoms with Gasteiger partial charge in [-0.05, 0) is 36.4 Å². The molecule has 1 heterocycles. The van der Waals surface area contributed by atoms with E-state index in [0.717, 1.165) is 45.6 Å². The fourth-order valence-corrected chi connectivity index (χ4v) is 2.83. The number of rotatable bonds is 7. The second kappa shape index (κ2) is 8.52. The molecule has 2 rings (SSSR count). The van der Waals surface area contributed by atoms with Gasteiger partial charge in [-0.2, -0.15) is 0 Å². The van der Waals surface area contributed by atoms with Crippen molar-refractivity contribution >= 4 is 0 Å². The maximum Gasteiger partial charge on any atom is 0.0595 e. The highest BCUT2D eigenvalue weighted by Gasteiger charge is 2.18. The quantitative estimate of drug-likeness (QED) is 0.835. The Hall–Kier alpha value is -0.900. The van der Waals surface area contributed by atoms with Crippen molar-refractivity contribution < 1.29 is 4.74 Å². The van der Waals surface area contributed by atoms with Gasteiger partial charge in [-0.1, -0.05) is 38.1 Å². The van der Waals surface area contributed by atoms with Gasteiger partial charge in [0.05, 0.1) is 6.10 Å². The van der Waals surface area contributed by atoms with Gasteiger partial charge in [0, 0.05) is 33.3 Å². The van der Waals surface area contributed by atoms with E-state index in [4.69, 9.17) is 4.74 Å². The minimum Gasteiger partial charge on any atom is -0.381 e. The smallest absolute Gasteiger partial charge is 0.0595 e. The number of nitrogens with one attached hydrogen (secondary N) is 1. The molecule has 1 saturated heterocycles. The molecule has 1 aromatic carbocycles. The zero-order valence-electron chi connectivity index (χ0n) is 13.8. The van der Waals surface area contributed by atoms with Crippen LogP contribution in [0.1, 0.15) is 37.8 Å². The Kier molecular flexibility index (Phi) is 6.68. The molecule has 0 aliphatic carbocycles. The summed E-state index contributed by atoms with van der Waals surface area (Å²) in [7, 11) is 1.83. The lowest BCUT2D eigenvalue weighted by Crippen LogP contribution is -2.36. The first-order valence-electron chi connectivity index (χ1n) is 8.21. The maximum atomic E-state index is 5.43. The first kappa shape index (κ1) is 16.5. The monoisotopic (exact) mass is 290 g/mol. The molecule has 3 nitrogen and oxygen atoms in total. The normalized spacial score (nSPS) is 17.5. The number of piperidine rings is 1. The van der Waals surface area contributed by atoms with Crippen LogP contribution in [0.5, 0.6) is 0 Å². The van der Waals surface area contributed by atoms with Crippen LogP contribution in [0.3, 0.4) is 0 Å². The van der Waals surface area contributed by atoms with Crippen LogP contribution >= 0.6 is 0 Å². The van der Waals surface area contributed by atoms with Crippen LogP contribution in [0.2, 0.25) is 0 Å². The van der Waals surface area contributed by atoms with E-state index in [1.54, 1.807) is 0 Å². The molecule has 1 N–H and O–H groups in total. The number of nitrogens with zero attached hydrogens (tertiary/aromatic N) is 1. The molecule has 1 aliphatic heterocycles. The predicted octanol–water partition coefficient (Wildman–Crippen LogP) is 3.04. The number of hydrogen-bond donors (Lipinski definition) is 1. The van der Waals surface area contributed by atoms with E-state index < -0.39 is 0 Å². The van der Waals surface area contributed by atoms with Gasteiger partial charge < -0.3 is 10.1 Å². The van der Waals surface area contributed by atoms with Crippen LogP contribution in [-0.4, -0.2) is 37.7 Å². The SMILES string of the molecule is COC1CCN(Cc2ccc(CNCC(C)C)cc2)CC1. The molecule has 3 heteroatoms. The molecule has 0 amide bonds. The molecule has 1 aromatic rings. The van der Waals surface area contributed by atoms with Crippen LogP contribution in [0.15, 0.2) is 24.3 Å². The summed E-state index contributed by atoms with van der Waals surface area (Å²) >= 11 is 0. The largest absolute Gasteiger partial charge is 0.381 e. The molecule has 0 aromatic heterocycles. The van der Waals surface area contributed by atoms with Crippen molar-refractivity contribution in [1.29, 1.82) is 0 Å². The molecule has 1 aliphatic rings. The van der Waals surface area contributed by atoms with Gasteiger partial charge in [0.25, 0.3) is 0 Å². The third-order valence-electron chi connectivity index (χ3n) is 4.18. The summed E-state index contributed by atoms with van der Waals surface area (Å²) in [6.07, 6.45) is 2.79. The van der Waals surface area contributed by atoms with Gasteiger partial charge in [-0.25, -0.2) is 0 Å². The molecule has 0 radical (unpaired) electrons. The average molecular weight is 290 g/mol. The lowest BCUT2D eigenvalue weighted by Gasteiger charge is -2.31. The molecule has 118 valence electrons. The highest BCUT2D eigenvalue weighted by Crippen LogP contribution is 2.16. The maximum absolute atomic E-state index is 5.43. The van der Waals surface area contributed by atoms with Gasteiger partial charge in [0.2, 0.25) is 0 Å². The summed E-state index contributed by atoms with van der Waals surface area (Å²) in [6, 6.07) is 9.05. The first-order chi connectivity index (χ1) is 10.2. The fraction of sp³-hybridized carbons (Fsp3) is 0.667. The summed E-state index contributed by atoms with van der Waals surface area (Å²) in [5.74, 6) is 0.708. The number of benzene rings is 1. The molecule has 0 unspecified atom stereocenters. The van der Waals surface area contributed by atoms with Gasteiger partial charge in [0.1, 0.15) is 0 Å². The topological polar surface area (TPSA) is 24.5 Å². The van der Waals surface area contributed by atoms with Crippen LogP contribution in [0.4, 0.5) is 0 Å². The summed E-state index contributed by atoms with van der Waals surface area (Å²) in [4.78, 5) is 2.53. The molecular formula is C18H30N2O. The van der Waals surface area contributed by atoms with Gasteiger partial charge in [-0.3, -0.25) is 4.90 Å². The second-order valence-electron chi connectivity index (χ2n) is 6.55. The summed E-state index contributed by atoms with van der Waals surface area (Å²) in [6.45, 7) is 9.89. The van der Waals surface area contributed by atoms with Crippen molar-refractivity contribution in [3.8, 4) is 0 Å². The summed E-state index contributed by atoms with van der Waals surface area (Å²) in [5.41, 5.74) is 2.79. The first-order valence-corrected chi connectivity index (χ1v) is 8.21. The number of methoxy groups -OCH3 is 1. The van der Waals surface area contributed by atoms with Crippen LogP contribution in [0, 0.1) is 5.92 Å². The van der Waals surface area contributed by atoms with Crippen LogP contribution in [0.25, 0.3) is 0 Å². The average Bonchev–Trinajstić information content (AvgIpc) is 2.49. The van der Waals surface area contributed by atoms with Crippen molar-refractivity contribution in [2.75, 3.05) is 26.7 Å². The molecule has 0 spiro atoms. The lowest BCUT2D eigenvalue weighted by atomic mass is 10.1. The Bertz CT molecular complexity index is 394. The summed E-state index contributed by atoms with van der Waals surface area (Å²) < 4.78 is 5.43. The third-order valence-corrected chi connectivity index (χ3v) is 4.18. The van der Waals surface area contributed by atoms with Crippen molar-refractivity contribution in [2.45, 2.75) is 45.9 Å². The molecule has 1 fully saturated rings. The predicted molar refractivity (Wildman–Crippen MR) is 88.3 cm³/mol. The second-order valence-corrected chi connectivity index (χ2v) is 6.55. The van der Waals surface area contributed by atoms with E-state index in [1.807, 2.05) is 7.11 Å². The van der Waals surface area contributed by atoms with Crippen LogP contribution < -0.4 is 5.32 Å². The number of hydrogen-bond acceptors (Lipinski definition) is 3. The highest BCUT2D eigenvalue weighted by molar-refractivity contribution is 5.22. The van der Waals surface area contributed by atoms with E-state index in [9.17, 15) is 0 Å². The standard InChI is InChI=1S/C18H30N2O/c1-15(2)12-19-13-16-4-6-17(7-5-16)14-20-10-8-18(21-3)9-11-20/h4-7,15,18-19H,8-14H2,1-3H3. The fourth-order valence-electron chi connectivity index (χ4n) is 2.83. The number of likely N-dealkylation sites (tertiary alicyclic amines) is 1. The Labute approximate surface area is 129 Å². The van der Waals surface area contributed by atoms with Crippen molar-refractivity contribution in [2.24, 2.45) is 5.92 Å². The Morgan fingerprint density at radius 2 is 1.76 bits per heavy atom.